The lowest BCUT2D eigenvalue weighted by molar-refractivity contribution is -0.0801. The minimum Gasteiger partial charge on any atom is -0.389 e. The molecule has 0 aromatic carbocycles. The van der Waals surface area contributed by atoms with Gasteiger partial charge in [-0.15, -0.1) is 0 Å². The first-order valence-electron chi connectivity index (χ1n) is 1.62. The zero-order chi connectivity index (χ0) is 6.78. The molecule has 0 radical (unpaired) electrons. The maximum Gasteiger partial charge on any atom is 0.412 e. The second kappa shape index (κ2) is 2.26. The van der Waals surface area contributed by atoms with Gasteiger partial charge in [-0.05, 0) is 0 Å². The summed E-state index contributed by atoms with van der Waals surface area (Å²) in [5.74, 6) is 0. The Bertz CT molecular complexity index is 102. The van der Waals surface area contributed by atoms with Gasteiger partial charge in [-0.1, -0.05) is 11.6 Å². The van der Waals surface area contributed by atoms with Gasteiger partial charge >= 0.3 is 6.18 Å². The van der Waals surface area contributed by atoms with E-state index in [2.05, 4.69) is 17.3 Å². The molecule has 8 heavy (non-hydrogen) atoms. The lowest BCUT2D eigenvalue weighted by Gasteiger charge is -1.95. The Morgan fingerprint density at radius 3 is 1.88 bits per heavy atom. The average Bonchev–Trinajstić information content (AvgIpc) is 1.21. The summed E-state index contributed by atoms with van der Waals surface area (Å²) < 4.78 is 33.2. The van der Waals surface area contributed by atoms with Gasteiger partial charge in [-0.2, -0.15) is 13.2 Å². The second-order valence-corrected chi connectivity index (χ2v) is 1.51. The van der Waals surface area contributed by atoms with Crippen molar-refractivity contribution < 1.29 is 13.2 Å². The van der Waals surface area contributed by atoms with Crippen LogP contribution in [0.3, 0.4) is 0 Å². The first-order chi connectivity index (χ1) is 3.42. The molecule has 0 spiro atoms. The van der Waals surface area contributed by atoms with E-state index in [0.717, 1.165) is 0 Å². The number of hydrogen-bond acceptors (Lipinski definition) is 1. The standard InChI is InChI=1S/C3H3ClF3N/c4-2(8)1-3(5,6)7/h1H,8H2/b2-1+. The van der Waals surface area contributed by atoms with Crippen LogP contribution in [-0.2, 0) is 0 Å². The highest BCUT2D eigenvalue weighted by molar-refractivity contribution is 6.29. The highest BCUT2D eigenvalue weighted by Crippen LogP contribution is 2.17. The number of halogens is 4. The third-order valence-electron chi connectivity index (χ3n) is 0.302. The smallest absolute Gasteiger partial charge is 0.389 e. The van der Waals surface area contributed by atoms with Crippen molar-refractivity contribution in [3.05, 3.63) is 11.2 Å². The van der Waals surface area contributed by atoms with Crippen LogP contribution in [-0.4, -0.2) is 6.18 Å². The Kier molecular flexibility index (Phi) is 2.15. The molecule has 0 saturated heterocycles. The summed E-state index contributed by atoms with van der Waals surface area (Å²) >= 11 is 4.68. The molecule has 0 aliphatic carbocycles. The van der Waals surface area contributed by atoms with E-state index in [4.69, 9.17) is 0 Å². The summed E-state index contributed by atoms with van der Waals surface area (Å²) in [6, 6.07) is 0. The van der Waals surface area contributed by atoms with E-state index in [0.29, 0.717) is 0 Å². The molecule has 0 rings (SSSR count). The predicted molar refractivity (Wildman–Crippen MR) is 24.2 cm³/mol. The molecule has 5 heteroatoms. The van der Waals surface area contributed by atoms with Gasteiger partial charge in [0.15, 0.2) is 0 Å². The van der Waals surface area contributed by atoms with Crippen LogP contribution in [0.1, 0.15) is 0 Å². The molecule has 0 aliphatic heterocycles. The Labute approximate surface area is 48.9 Å². The fourth-order valence-electron chi connectivity index (χ4n) is 0.156. The Balaban J connectivity index is 3.89. The number of rotatable bonds is 0. The van der Waals surface area contributed by atoms with E-state index >= 15 is 0 Å². The van der Waals surface area contributed by atoms with E-state index < -0.39 is 11.3 Å². The molecular weight excluding hydrogens is 142 g/mol. The van der Waals surface area contributed by atoms with E-state index in [9.17, 15) is 13.2 Å². The van der Waals surface area contributed by atoms with Crippen molar-refractivity contribution >= 4 is 11.6 Å². The largest absolute Gasteiger partial charge is 0.412 e. The number of allylic oxidation sites excluding steroid dienone is 1. The highest BCUT2D eigenvalue weighted by Gasteiger charge is 2.23. The van der Waals surface area contributed by atoms with Crippen molar-refractivity contribution in [2.45, 2.75) is 6.18 Å². The van der Waals surface area contributed by atoms with Crippen molar-refractivity contribution in [1.82, 2.24) is 0 Å². The van der Waals surface area contributed by atoms with Gasteiger partial charge < -0.3 is 5.73 Å². The molecule has 0 aromatic heterocycles. The monoisotopic (exact) mass is 145 g/mol. The summed E-state index contributed by atoms with van der Waals surface area (Å²) in [5.41, 5.74) is 4.49. The maximum absolute atomic E-state index is 11.1. The third-order valence-corrected chi connectivity index (χ3v) is 0.411. The molecule has 0 atom stereocenters. The van der Waals surface area contributed by atoms with E-state index in [1.165, 1.54) is 0 Å². The molecule has 48 valence electrons. The SMILES string of the molecule is N/C(Cl)=C/C(F)(F)F. The molecule has 1 nitrogen and oxygen atoms in total. The summed E-state index contributed by atoms with van der Waals surface area (Å²) in [4.78, 5) is 0. The first-order valence-corrected chi connectivity index (χ1v) is 2.00. The van der Waals surface area contributed by atoms with Gasteiger partial charge in [-0.25, -0.2) is 0 Å². The Hall–Kier alpha value is -0.380. The normalized spacial score (nSPS) is 14.2. The van der Waals surface area contributed by atoms with Crippen LogP contribution in [0.25, 0.3) is 0 Å². The third kappa shape index (κ3) is 5.62. The van der Waals surface area contributed by atoms with Crippen LogP contribution in [0.4, 0.5) is 13.2 Å². The lowest BCUT2D eigenvalue weighted by Crippen LogP contribution is -2.04. The first kappa shape index (κ1) is 7.62. The van der Waals surface area contributed by atoms with Crippen molar-refractivity contribution in [2.75, 3.05) is 0 Å². The number of nitrogens with two attached hydrogens (primary N) is 1. The molecule has 0 heterocycles. The summed E-state index contributed by atoms with van der Waals surface area (Å²) in [6.45, 7) is 0. The zero-order valence-electron chi connectivity index (χ0n) is 3.67. The zero-order valence-corrected chi connectivity index (χ0v) is 4.42. The molecular formula is C3H3ClF3N. The fourth-order valence-corrected chi connectivity index (χ4v) is 0.280. The van der Waals surface area contributed by atoms with E-state index in [1.54, 1.807) is 0 Å². The van der Waals surface area contributed by atoms with E-state index in [1.807, 2.05) is 0 Å². The Morgan fingerprint density at radius 2 is 1.88 bits per heavy atom. The number of alkyl halides is 3. The van der Waals surface area contributed by atoms with Crippen LogP contribution in [0.2, 0.25) is 0 Å². The van der Waals surface area contributed by atoms with Gasteiger partial charge in [0.05, 0.1) is 6.08 Å². The van der Waals surface area contributed by atoms with Crippen LogP contribution < -0.4 is 5.73 Å². The lowest BCUT2D eigenvalue weighted by atomic mass is 10.6. The van der Waals surface area contributed by atoms with Crippen molar-refractivity contribution in [1.29, 1.82) is 0 Å². The highest BCUT2D eigenvalue weighted by atomic mass is 35.5. The molecule has 2 N–H and O–H groups in total. The molecule has 0 aromatic rings. The quantitative estimate of drug-likeness (QED) is 0.515. The van der Waals surface area contributed by atoms with Gasteiger partial charge in [0, 0.05) is 0 Å². The molecule has 0 unspecified atom stereocenters. The molecule has 0 amide bonds. The van der Waals surface area contributed by atoms with Gasteiger partial charge in [0.1, 0.15) is 5.16 Å². The molecule has 0 fully saturated rings. The van der Waals surface area contributed by atoms with Gasteiger partial charge in [-0.3, -0.25) is 0 Å². The van der Waals surface area contributed by atoms with Crippen molar-refractivity contribution in [2.24, 2.45) is 5.73 Å². The van der Waals surface area contributed by atoms with Crippen LogP contribution in [0.5, 0.6) is 0 Å². The molecule has 0 bridgehead atoms. The van der Waals surface area contributed by atoms with E-state index in [-0.39, 0.29) is 6.08 Å². The number of hydrogen-bond donors (Lipinski definition) is 1. The van der Waals surface area contributed by atoms with Crippen LogP contribution in [0.15, 0.2) is 11.2 Å². The average molecular weight is 146 g/mol. The second-order valence-electron chi connectivity index (χ2n) is 1.07. The van der Waals surface area contributed by atoms with Crippen molar-refractivity contribution in [3.8, 4) is 0 Å². The Morgan fingerprint density at radius 1 is 1.50 bits per heavy atom. The summed E-state index contributed by atoms with van der Waals surface area (Å²) in [7, 11) is 0. The van der Waals surface area contributed by atoms with Crippen molar-refractivity contribution in [3.63, 3.8) is 0 Å². The van der Waals surface area contributed by atoms with Crippen LogP contribution in [0, 0.1) is 0 Å². The predicted octanol–water partition coefficient (Wildman–Crippen LogP) is 1.59. The molecule has 0 saturated carbocycles. The summed E-state index contributed by atoms with van der Waals surface area (Å²) in [6.07, 6.45) is -4.58. The minimum atomic E-state index is -4.40. The molecule has 0 aliphatic rings. The topological polar surface area (TPSA) is 26.0 Å². The summed E-state index contributed by atoms with van der Waals surface area (Å²) in [5, 5.41) is -0.752. The minimum absolute atomic E-state index is 0.186. The fraction of sp³-hybridized carbons (Fsp3) is 0.333. The van der Waals surface area contributed by atoms with Gasteiger partial charge in [0.2, 0.25) is 0 Å². The van der Waals surface area contributed by atoms with Gasteiger partial charge in [0.25, 0.3) is 0 Å². The maximum atomic E-state index is 11.1. The van der Waals surface area contributed by atoms with Crippen LogP contribution >= 0.6 is 11.6 Å².